The Morgan fingerprint density at radius 2 is 1.82 bits per heavy atom. The summed E-state index contributed by atoms with van der Waals surface area (Å²) in [4.78, 5) is 0. The van der Waals surface area contributed by atoms with Gasteiger partial charge in [-0.2, -0.15) is 4.57 Å². The summed E-state index contributed by atoms with van der Waals surface area (Å²) in [6, 6.07) is 8.46. The van der Waals surface area contributed by atoms with E-state index in [2.05, 4.69) is 0 Å². The van der Waals surface area contributed by atoms with Crippen LogP contribution in [0.2, 0.25) is 0 Å². The summed E-state index contributed by atoms with van der Waals surface area (Å²) in [5.41, 5.74) is 4.47. The molecule has 4 heteroatoms. The fourth-order valence-electron chi connectivity index (χ4n) is 3.37. The summed E-state index contributed by atoms with van der Waals surface area (Å²) < 4.78 is 31.7. The van der Waals surface area contributed by atoms with Gasteiger partial charge in [0.15, 0.2) is 0 Å². The lowest BCUT2D eigenvalue weighted by molar-refractivity contribution is -0.671. The van der Waals surface area contributed by atoms with Crippen molar-refractivity contribution in [3.05, 3.63) is 71.1 Å². The molecule has 0 saturated heterocycles. The van der Waals surface area contributed by atoms with Crippen LogP contribution in [0.5, 0.6) is 0 Å². The van der Waals surface area contributed by atoms with E-state index in [0.717, 1.165) is 28.7 Å². The number of fused-ring (bicyclic) bond motifs is 3. The van der Waals surface area contributed by atoms with Crippen molar-refractivity contribution in [2.75, 3.05) is 0 Å². The maximum Gasteiger partial charge on any atom is 0.297 e. The molecule has 0 unspecified atom stereocenters. The molecule has 0 bridgehead atoms. The van der Waals surface area contributed by atoms with Crippen LogP contribution in [0.4, 0.5) is 8.78 Å². The SMILES string of the molecule is Cc1cccc(C)c1-n1cc[n+]2c1-c1c(F)cc(F)cc1C2. The van der Waals surface area contributed by atoms with Gasteiger partial charge in [-0.25, -0.2) is 13.3 Å². The third kappa shape index (κ3) is 1.73. The molecule has 0 saturated carbocycles. The van der Waals surface area contributed by atoms with Gasteiger partial charge in [-0.05, 0) is 31.0 Å². The molecule has 22 heavy (non-hydrogen) atoms. The number of hydrogen-bond donors (Lipinski definition) is 0. The summed E-state index contributed by atoms with van der Waals surface area (Å²) in [7, 11) is 0. The first kappa shape index (κ1) is 13.2. The molecule has 0 aliphatic carbocycles. The first-order valence-corrected chi connectivity index (χ1v) is 7.22. The molecule has 0 fully saturated rings. The average Bonchev–Trinajstić information content (AvgIpc) is 2.97. The molecule has 1 aromatic heterocycles. The second-order valence-corrected chi connectivity index (χ2v) is 5.78. The largest absolute Gasteiger partial charge is 0.297 e. The van der Waals surface area contributed by atoms with Gasteiger partial charge in [-0.15, -0.1) is 0 Å². The number of aromatic nitrogens is 2. The van der Waals surface area contributed by atoms with E-state index in [4.69, 9.17) is 0 Å². The van der Waals surface area contributed by atoms with Crippen molar-refractivity contribution in [2.45, 2.75) is 20.4 Å². The number of imidazole rings is 1. The molecule has 3 aromatic rings. The third-order valence-corrected chi connectivity index (χ3v) is 4.28. The maximum absolute atomic E-state index is 14.3. The molecule has 4 rings (SSSR count). The number of hydrogen-bond acceptors (Lipinski definition) is 0. The number of para-hydroxylation sites is 1. The first-order valence-electron chi connectivity index (χ1n) is 7.22. The highest BCUT2D eigenvalue weighted by Crippen LogP contribution is 2.33. The lowest BCUT2D eigenvalue weighted by Crippen LogP contribution is -2.30. The first-order chi connectivity index (χ1) is 10.6. The van der Waals surface area contributed by atoms with Gasteiger partial charge in [0.1, 0.15) is 41.8 Å². The lowest BCUT2D eigenvalue weighted by Gasteiger charge is -2.07. The van der Waals surface area contributed by atoms with Gasteiger partial charge in [0.05, 0.1) is 0 Å². The highest BCUT2D eigenvalue weighted by Gasteiger charge is 2.34. The molecular formula is C18H15F2N2+. The Bertz CT molecular complexity index is 889. The van der Waals surface area contributed by atoms with Gasteiger partial charge in [-0.3, -0.25) is 0 Å². The molecule has 0 amide bonds. The second kappa shape index (κ2) is 4.50. The molecular weight excluding hydrogens is 282 g/mol. The van der Waals surface area contributed by atoms with E-state index in [1.165, 1.54) is 6.07 Å². The molecule has 0 N–H and O–H groups in total. The van der Waals surface area contributed by atoms with Crippen LogP contribution in [0.1, 0.15) is 16.7 Å². The van der Waals surface area contributed by atoms with Crippen molar-refractivity contribution in [3.8, 4) is 17.1 Å². The van der Waals surface area contributed by atoms with Gasteiger partial charge in [0.25, 0.3) is 5.82 Å². The lowest BCUT2D eigenvalue weighted by atomic mass is 10.1. The zero-order chi connectivity index (χ0) is 15.4. The quantitative estimate of drug-likeness (QED) is 0.474. The number of aryl methyl sites for hydroxylation is 2. The van der Waals surface area contributed by atoms with Crippen molar-refractivity contribution >= 4 is 0 Å². The van der Waals surface area contributed by atoms with Crippen LogP contribution in [-0.4, -0.2) is 4.57 Å². The molecule has 2 aromatic carbocycles. The Morgan fingerprint density at radius 3 is 2.55 bits per heavy atom. The van der Waals surface area contributed by atoms with Crippen LogP contribution in [0.25, 0.3) is 17.1 Å². The van der Waals surface area contributed by atoms with Crippen molar-refractivity contribution in [3.63, 3.8) is 0 Å². The maximum atomic E-state index is 14.3. The number of benzene rings is 2. The van der Waals surface area contributed by atoms with Crippen LogP contribution < -0.4 is 4.57 Å². The van der Waals surface area contributed by atoms with Gasteiger partial charge in [0, 0.05) is 11.6 Å². The van der Waals surface area contributed by atoms with E-state index in [1.54, 1.807) is 0 Å². The summed E-state index contributed by atoms with van der Waals surface area (Å²) >= 11 is 0. The van der Waals surface area contributed by atoms with Crippen molar-refractivity contribution in [1.29, 1.82) is 0 Å². The minimum absolute atomic E-state index is 0.494. The van der Waals surface area contributed by atoms with Crippen LogP contribution in [0.3, 0.4) is 0 Å². The van der Waals surface area contributed by atoms with E-state index in [1.807, 2.05) is 53.6 Å². The molecule has 1 aliphatic rings. The van der Waals surface area contributed by atoms with Crippen molar-refractivity contribution in [1.82, 2.24) is 4.57 Å². The highest BCUT2D eigenvalue weighted by molar-refractivity contribution is 5.65. The number of nitrogens with zero attached hydrogens (tertiary/aromatic N) is 2. The Balaban J connectivity index is 2.02. The second-order valence-electron chi connectivity index (χ2n) is 5.78. The summed E-state index contributed by atoms with van der Waals surface area (Å²) in [5.74, 6) is -0.266. The predicted molar refractivity (Wildman–Crippen MR) is 79.9 cm³/mol. The summed E-state index contributed by atoms with van der Waals surface area (Å²) in [5, 5.41) is 0. The minimum Gasteiger partial charge on any atom is -0.225 e. The molecule has 110 valence electrons. The Hall–Kier alpha value is -2.49. The molecule has 0 radical (unpaired) electrons. The van der Waals surface area contributed by atoms with Crippen molar-refractivity contribution in [2.24, 2.45) is 0 Å². The zero-order valence-corrected chi connectivity index (χ0v) is 12.4. The Labute approximate surface area is 127 Å². The summed E-state index contributed by atoms with van der Waals surface area (Å²) in [6.45, 7) is 4.57. The van der Waals surface area contributed by atoms with Gasteiger partial charge in [0.2, 0.25) is 0 Å². The van der Waals surface area contributed by atoms with Crippen LogP contribution in [0.15, 0.2) is 42.7 Å². The molecule has 2 heterocycles. The molecule has 0 spiro atoms. The fourth-order valence-corrected chi connectivity index (χ4v) is 3.37. The zero-order valence-electron chi connectivity index (χ0n) is 12.4. The predicted octanol–water partition coefficient (Wildman–Crippen LogP) is 3.69. The van der Waals surface area contributed by atoms with E-state index in [9.17, 15) is 8.78 Å². The summed E-state index contributed by atoms with van der Waals surface area (Å²) in [6.07, 6.45) is 3.86. The smallest absolute Gasteiger partial charge is 0.225 e. The molecule has 0 atom stereocenters. The topological polar surface area (TPSA) is 8.81 Å². The third-order valence-electron chi connectivity index (χ3n) is 4.28. The molecule has 1 aliphatic heterocycles. The van der Waals surface area contributed by atoms with E-state index < -0.39 is 11.6 Å². The standard InChI is InChI=1S/C18H15F2N2/c1-11-4-3-5-12(2)17(11)22-7-6-21-10-13-8-14(19)9-15(20)16(13)18(21)22/h3-9H,10H2,1-2H3/q+1. The van der Waals surface area contributed by atoms with E-state index >= 15 is 0 Å². The Morgan fingerprint density at radius 1 is 1.09 bits per heavy atom. The number of rotatable bonds is 1. The van der Waals surface area contributed by atoms with E-state index in [-0.39, 0.29) is 0 Å². The highest BCUT2D eigenvalue weighted by atomic mass is 19.1. The van der Waals surface area contributed by atoms with E-state index in [0.29, 0.717) is 17.7 Å². The Kier molecular flexibility index (Phi) is 2.70. The number of halogens is 2. The van der Waals surface area contributed by atoms with Crippen LogP contribution >= 0.6 is 0 Å². The normalized spacial score (nSPS) is 12.4. The molecule has 2 nitrogen and oxygen atoms in total. The van der Waals surface area contributed by atoms with Crippen molar-refractivity contribution < 1.29 is 13.3 Å². The van der Waals surface area contributed by atoms with Gasteiger partial charge in [-0.1, -0.05) is 18.2 Å². The monoisotopic (exact) mass is 297 g/mol. The fraction of sp³-hybridized carbons (Fsp3) is 0.167. The van der Waals surface area contributed by atoms with Crippen LogP contribution in [0, 0.1) is 25.5 Å². The van der Waals surface area contributed by atoms with Crippen LogP contribution in [-0.2, 0) is 6.54 Å². The average molecular weight is 297 g/mol. The minimum atomic E-state index is -0.527. The van der Waals surface area contributed by atoms with Gasteiger partial charge >= 0.3 is 0 Å². The van der Waals surface area contributed by atoms with Gasteiger partial charge < -0.3 is 0 Å².